The number of nitrogens with zero attached hydrogens (tertiary/aromatic N) is 3. The summed E-state index contributed by atoms with van der Waals surface area (Å²) in [4.78, 5) is 12.9. The van der Waals surface area contributed by atoms with Crippen LogP contribution in [0.15, 0.2) is 30.9 Å². The second-order valence-corrected chi connectivity index (χ2v) is 5.13. The van der Waals surface area contributed by atoms with Crippen molar-refractivity contribution in [2.75, 3.05) is 6.54 Å². The van der Waals surface area contributed by atoms with Gasteiger partial charge in [0.1, 0.15) is 0 Å². The highest BCUT2D eigenvalue weighted by Crippen LogP contribution is 2.17. The Kier molecular flexibility index (Phi) is 4.58. The van der Waals surface area contributed by atoms with Crippen molar-refractivity contribution in [2.45, 2.75) is 27.3 Å². The fourth-order valence-electron chi connectivity index (χ4n) is 1.81. The zero-order valence-corrected chi connectivity index (χ0v) is 11.7. The smallest absolute Gasteiger partial charge is 0.159 e. The van der Waals surface area contributed by atoms with E-state index in [1.807, 2.05) is 31.6 Å². The van der Waals surface area contributed by atoms with Gasteiger partial charge in [0.05, 0.1) is 0 Å². The standard InChI is InChI=1S/C15H20N4/c1-11(2)6-17-8-13-9-18-15(19-10-13)14-4-5-16-7-12(14)3/h4-5,7,9-11,17H,6,8H2,1-3H3. The molecule has 0 atom stereocenters. The molecule has 0 aromatic carbocycles. The predicted molar refractivity (Wildman–Crippen MR) is 76.5 cm³/mol. The first-order chi connectivity index (χ1) is 9.16. The van der Waals surface area contributed by atoms with Crippen LogP contribution in [-0.4, -0.2) is 21.5 Å². The molecule has 4 heteroatoms. The fourth-order valence-corrected chi connectivity index (χ4v) is 1.81. The summed E-state index contributed by atoms with van der Waals surface area (Å²) >= 11 is 0. The first kappa shape index (κ1) is 13.6. The Morgan fingerprint density at radius 3 is 2.53 bits per heavy atom. The maximum Gasteiger partial charge on any atom is 0.159 e. The lowest BCUT2D eigenvalue weighted by atomic mass is 10.1. The van der Waals surface area contributed by atoms with E-state index < -0.39 is 0 Å². The minimum atomic E-state index is 0.652. The molecule has 2 rings (SSSR count). The molecule has 100 valence electrons. The van der Waals surface area contributed by atoms with E-state index in [0.717, 1.165) is 35.6 Å². The van der Waals surface area contributed by atoms with Gasteiger partial charge in [-0.2, -0.15) is 0 Å². The van der Waals surface area contributed by atoms with E-state index in [1.54, 1.807) is 6.20 Å². The molecule has 0 spiro atoms. The number of aromatic nitrogens is 3. The Labute approximate surface area is 114 Å². The third-order valence-electron chi connectivity index (χ3n) is 2.85. The summed E-state index contributed by atoms with van der Waals surface area (Å²) < 4.78 is 0. The van der Waals surface area contributed by atoms with Gasteiger partial charge in [0.2, 0.25) is 0 Å². The fraction of sp³-hybridized carbons (Fsp3) is 0.400. The molecule has 0 fully saturated rings. The van der Waals surface area contributed by atoms with Crippen molar-refractivity contribution >= 4 is 0 Å². The lowest BCUT2D eigenvalue weighted by Gasteiger charge is -2.08. The van der Waals surface area contributed by atoms with Crippen molar-refractivity contribution in [3.63, 3.8) is 0 Å². The third-order valence-corrected chi connectivity index (χ3v) is 2.85. The average molecular weight is 256 g/mol. The van der Waals surface area contributed by atoms with Gasteiger partial charge in [0.25, 0.3) is 0 Å². The molecule has 0 aliphatic heterocycles. The number of aryl methyl sites for hydroxylation is 1. The normalized spacial score (nSPS) is 10.9. The second kappa shape index (κ2) is 6.38. The van der Waals surface area contributed by atoms with Crippen LogP contribution in [0.1, 0.15) is 25.0 Å². The summed E-state index contributed by atoms with van der Waals surface area (Å²) in [7, 11) is 0. The number of hydrogen-bond acceptors (Lipinski definition) is 4. The van der Waals surface area contributed by atoms with Gasteiger partial charge < -0.3 is 5.32 Å². The molecular formula is C15H20N4. The molecule has 4 nitrogen and oxygen atoms in total. The second-order valence-electron chi connectivity index (χ2n) is 5.13. The van der Waals surface area contributed by atoms with Crippen molar-refractivity contribution in [3.05, 3.63) is 42.0 Å². The van der Waals surface area contributed by atoms with E-state index in [1.165, 1.54) is 0 Å². The van der Waals surface area contributed by atoms with Gasteiger partial charge in [-0.3, -0.25) is 4.98 Å². The zero-order valence-electron chi connectivity index (χ0n) is 11.7. The summed E-state index contributed by atoms with van der Waals surface area (Å²) in [6.07, 6.45) is 7.37. The van der Waals surface area contributed by atoms with E-state index >= 15 is 0 Å². The summed E-state index contributed by atoms with van der Waals surface area (Å²) in [5.41, 5.74) is 3.24. The third kappa shape index (κ3) is 3.83. The molecule has 0 amide bonds. The van der Waals surface area contributed by atoms with Crippen molar-refractivity contribution < 1.29 is 0 Å². The van der Waals surface area contributed by atoms with Gasteiger partial charge in [0, 0.05) is 42.5 Å². The molecule has 0 aliphatic carbocycles. The highest BCUT2D eigenvalue weighted by molar-refractivity contribution is 5.58. The number of hydrogen-bond donors (Lipinski definition) is 1. The molecule has 0 saturated carbocycles. The minimum Gasteiger partial charge on any atom is -0.312 e. The van der Waals surface area contributed by atoms with Crippen molar-refractivity contribution in [2.24, 2.45) is 5.92 Å². The van der Waals surface area contributed by atoms with Crippen LogP contribution in [0.2, 0.25) is 0 Å². The topological polar surface area (TPSA) is 50.7 Å². The monoisotopic (exact) mass is 256 g/mol. The van der Waals surface area contributed by atoms with Crippen LogP contribution in [-0.2, 0) is 6.54 Å². The summed E-state index contributed by atoms with van der Waals surface area (Å²) in [5, 5.41) is 3.38. The minimum absolute atomic E-state index is 0.652. The Morgan fingerprint density at radius 1 is 1.16 bits per heavy atom. The zero-order chi connectivity index (χ0) is 13.7. The van der Waals surface area contributed by atoms with Gasteiger partial charge in [-0.15, -0.1) is 0 Å². The van der Waals surface area contributed by atoms with Crippen molar-refractivity contribution in [3.8, 4) is 11.4 Å². The predicted octanol–water partition coefficient (Wildman–Crippen LogP) is 2.59. The van der Waals surface area contributed by atoms with Gasteiger partial charge >= 0.3 is 0 Å². The average Bonchev–Trinajstić information content (AvgIpc) is 2.40. The van der Waals surface area contributed by atoms with E-state index in [4.69, 9.17) is 0 Å². The van der Waals surface area contributed by atoms with Gasteiger partial charge in [-0.25, -0.2) is 9.97 Å². The first-order valence-electron chi connectivity index (χ1n) is 6.59. The first-order valence-corrected chi connectivity index (χ1v) is 6.59. The van der Waals surface area contributed by atoms with Crippen LogP contribution in [0.4, 0.5) is 0 Å². The molecular weight excluding hydrogens is 236 g/mol. The van der Waals surface area contributed by atoms with E-state index in [-0.39, 0.29) is 0 Å². The van der Waals surface area contributed by atoms with E-state index in [9.17, 15) is 0 Å². The van der Waals surface area contributed by atoms with Gasteiger partial charge in [-0.1, -0.05) is 13.8 Å². The molecule has 0 unspecified atom stereocenters. The molecule has 0 saturated heterocycles. The number of nitrogens with one attached hydrogen (secondary N) is 1. The van der Waals surface area contributed by atoms with Crippen molar-refractivity contribution in [1.29, 1.82) is 0 Å². The Hall–Kier alpha value is -1.81. The Bertz CT molecular complexity index is 520. The largest absolute Gasteiger partial charge is 0.312 e. The van der Waals surface area contributed by atoms with Crippen LogP contribution in [0.25, 0.3) is 11.4 Å². The maximum absolute atomic E-state index is 4.43. The Morgan fingerprint density at radius 2 is 1.89 bits per heavy atom. The molecule has 0 bridgehead atoms. The number of rotatable bonds is 5. The number of pyridine rings is 1. The molecule has 2 aromatic heterocycles. The van der Waals surface area contributed by atoms with Crippen LogP contribution in [0, 0.1) is 12.8 Å². The van der Waals surface area contributed by atoms with Crippen LogP contribution in [0.3, 0.4) is 0 Å². The lowest BCUT2D eigenvalue weighted by molar-refractivity contribution is 0.551. The molecule has 1 N–H and O–H groups in total. The SMILES string of the molecule is Cc1cnccc1-c1ncc(CNCC(C)C)cn1. The lowest BCUT2D eigenvalue weighted by Crippen LogP contribution is -2.19. The molecule has 2 aromatic rings. The molecule has 0 aliphatic rings. The Balaban J connectivity index is 2.04. The van der Waals surface area contributed by atoms with E-state index in [2.05, 4.69) is 34.1 Å². The molecule has 2 heterocycles. The van der Waals surface area contributed by atoms with Gasteiger partial charge in [0.15, 0.2) is 5.82 Å². The summed E-state index contributed by atoms with van der Waals surface area (Å²) in [6, 6.07) is 1.95. The molecule has 19 heavy (non-hydrogen) atoms. The van der Waals surface area contributed by atoms with Crippen molar-refractivity contribution in [1.82, 2.24) is 20.3 Å². The van der Waals surface area contributed by atoms with Crippen LogP contribution in [0.5, 0.6) is 0 Å². The molecule has 0 radical (unpaired) electrons. The summed E-state index contributed by atoms with van der Waals surface area (Å²) in [6.45, 7) is 8.22. The highest BCUT2D eigenvalue weighted by Gasteiger charge is 2.04. The quantitative estimate of drug-likeness (QED) is 0.893. The van der Waals surface area contributed by atoms with Crippen LogP contribution < -0.4 is 5.32 Å². The summed E-state index contributed by atoms with van der Waals surface area (Å²) in [5.74, 6) is 1.41. The van der Waals surface area contributed by atoms with Gasteiger partial charge in [-0.05, 0) is 31.0 Å². The van der Waals surface area contributed by atoms with E-state index in [0.29, 0.717) is 5.92 Å². The van der Waals surface area contributed by atoms with Crippen LogP contribution >= 0.6 is 0 Å². The highest BCUT2D eigenvalue weighted by atomic mass is 14.9. The maximum atomic E-state index is 4.43.